The maximum absolute atomic E-state index is 13.1. The van der Waals surface area contributed by atoms with Crippen LogP contribution in [-0.4, -0.2) is 73.8 Å². The molecule has 0 heterocycles. The normalized spacial score (nSPS) is 13.6. The summed E-state index contributed by atoms with van der Waals surface area (Å²) in [5.41, 5.74) is 0.995. The van der Waals surface area contributed by atoms with Crippen molar-refractivity contribution in [2.45, 2.75) is 27.7 Å². The lowest BCUT2D eigenvalue weighted by molar-refractivity contribution is -0.115. The number of ether oxygens (including phenoxy) is 2. The van der Waals surface area contributed by atoms with Crippen molar-refractivity contribution >= 4 is 58.6 Å². The molecule has 0 unspecified atom stereocenters. The largest absolute Gasteiger partial charge is 0.492 e. The molecule has 0 spiro atoms. The van der Waals surface area contributed by atoms with E-state index in [2.05, 4.69) is 48.1 Å². The van der Waals surface area contributed by atoms with Crippen molar-refractivity contribution in [2.75, 3.05) is 63.1 Å². The molecule has 0 saturated heterocycles. The molecule has 2 aromatic carbocycles. The molecule has 41 heavy (non-hydrogen) atoms. The fourth-order valence-corrected chi connectivity index (χ4v) is 4.55. The second-order valence-electron chi connectivity index (χ2n) is 9.09. The molecule has 11 heteroatoms. The van der Waals surface area contributed by atoms with Gasteiger partial charge in [-0.05, 0) is 74.7 Å². The Morgan fingerprint density at radius 1 is 0.610 bits per heavy atom. The number of Topliss-reactive ketones (excluding diaryl/α,β-unsaturated/α-hetero) is 2. The lowest BCUT2D eigenvalue weighted by atomic mass is 10.0. The van der Waals surface area contributed by atoms with Gasteiger partial charge in [0.15, 0.2) is 0 Å². The van der Waals surface area contributed by atoms with E-state index in [0.29, 0.717) is 36.1 Å². The lowest BCUT2D eigenvalue weighted by Crippen LogP contribution is -2.28. The van der Waals surface area contributed by atoms with Crippen molar-refractivity contribution in [2.24, 2.45) is 0 Å². The molecule has 0 aliphatic heterocycles. The summed E-state index contributed by atoms with van der Waals surface area (Å²) in [6.45, 7) is 15.2. The number of benzene rings is 2. The molecule has 1 aliphatic rings. The number of nitrogens with one attached hydrogen (secondary N) is 2. The van der Waals surface area contributed by atoms with Crippen molar-refractivity contribution in [3.05, 3.63) is 70.0 Å². The number of carbonyl (C=O) groups excluding carboxylic acids is 2. The van der Waals surface area contributed by atoms with E-state index < -0.39 is 11.6 Å². The molecule has 0 amide bonds. The topological polar surface area (TPSA) is 83.1 Å². The number of hydrogen-bond acceptors (Lipinski definition) is 8. The number of anilines is 2. The average Bonchev–Trinajstić information content (AvgIpc) is 2.98. The molecular formula is C30H39Cl3N4O4. The third kappa shape index (κ3) is 9.65. The number of ketones is 2. The molecule has 0 atom stereocenters. The van der Waals surface area contributed by atoms with E-state index in [9.17, 15) is 9.59 Å². The van der Waals surface area contributed by atoms with Crippen LogP contribution in [0.4, 0.5) is 11.4 Å². The molecule has 3 rings (SSSR count). The summed E-state index contributed by atoms with van der Waals surface area (Å²) in [5.74, 6) is 0.247. The van der Waals surface area contributed by atoms with Crippen molar-refractivity contribution in [3.63, 3.8) is 0 Å². The quantitative estimate of drug-likeness (QED) is 0.216. The van der Waals surface area contributed by atoms with Crippen LogP contribution in [0.3, 0.4) is 0 Å². The van der Waals surface area contributed by atoms with E-state index in [4.69, 9.17) is 32.7 Å². The minimum Gasteiger partial charge on any atom is -0.492 e. The van der Waals surface area contributed by atoms with Crippen molar-refractivity contribution < 1.29 is 19.1 Å². The van der Waals surface area contributed by atoms with E-state index in [1.54, 1.807) is 48.5 Å². The first-order chi connectivity index (χ1) is 19.3. The van der Waals surface area contributed by atoms with Crippen molar-refractivity contribution in [3.8, 4) is 11.5 Å². The van der Waals surface area contributed by atoms with Crippen LogP contribution < -0.4 is 20.1 Å². The fourth-order valence-electron chi connectivity index (χ4n) is 4.09. The van der Waals surface area contributed by atoms with Gasteiger partial charge in [0.05, 0.1) is 0 Å². The molecule has 0 bridgehead atoms. The minimum atomic E-state index is -0.579. The van der Waals surface area contributed by atoms with Crippen LogP contribution in [0.2, 0.25) is 0 Å². The molecule has 8 nitrogen and oxygen atoms in total. The zero-order valence-electron chi connectivity index (χ0n) is 24.0. The Labute approximate surface area is 259 Å². The maximum atomic E-state index is 13.1. The highest BCUT2D eigenvalue weighted by molar-refractivity contribution is 6.56. The summed E-state index contributed by atoms with van der Waals surface area (Å²) in [7, 11) is 0. The van der Waals surface area contributed by atoms with E-state index in [-0.39, 0.29) is 33.9 Å². The van der Waals surface area contributed by atoms with E-state index in [1.807, 2.05) is 0 Å². The summed E-state index contributed by atoms with van der Waals surface area (Å²) >= 11 is 12.7. The predicted octanol–water partition coefficient (Wildman–Crippen LogP) is 6.13. The van der Waals surface area contributed by atoms with Gasteiger partial charge in [-0.15, -0.1) is 12.4 Å². The van der Waals surface area contributed by atoms with E-state index in [1.165, 1.54) is 0 Å². The Bertz CT molecular complexity index is 1110. The van der Waals surface area contributed by atoms with Crippen molar-refractivity contribution in [1.82, 2.24) is 9.80 Å². The number of rotatable bonds is 16. The van der Waals surface area contributed by atoms with Gasteiger partial charge in [0.2, 0.25) is 11.6 Å². The first kappa shape index (κ1) is 34.5. The minimum absolute atomic E-state index is 0. The average molecular weight is 626 g/mol. The Balaban J connectivity index is 0.00000588. The van der Waals surface area contributed by atoms with E-state index >= 15 is 0 Å². The molecular weight excluding hydrogens is 587 g/mol. The first-order valence-corrected chi connectivity index (χ1v) is 14.4. The zero-order valence-corrected chi connectivity index (χ0v) is 26.3. The Morgan fingerprint density at radius 3 is 1.22 bits per heavy atom. The molecule has 0 fully saturated rings. The molecule has 0 radical (unpaired) electrons. The number of allylic oxidation sites excluding steroid dienone is 2. The molecule has 0 aromatic heterocycles. The van der Waals surface area contributed by atoms with Gasteiger partial charge in [0.1, 0.15) is 46.2 Å². The SMILES string of the molecule is CCN(CC)CCOc1ccc(NC2=C(Cl)C(=O)C(Nc3ccc(OCCN(CC)CC)cc3)=C(Cl)C2=O)cc1.Cl. The smallest absolute Gasteiger partial charge is 0.224 e. The maximum Gasteiger partial charge on any atom is 0.224 e. The Hall–Kier alpha value is -2.75. The first-order valence-electron chi connectivity index (χ1n) is 13.6. The number of hydrogen-bond donors (Lipinski definition) is 2. The van der Waals surface area contributed by atoms with Gasteiger partial charge in [-0.3, -0.25) is 9.59 Å². The standard InChI is InChI=1S/C30H38Cl2N4O4.ClH/c1-5-35(6-2)17-19-39-23-13-9-21(10-14-23)33-27-25(31)30(38)28(26(32)29(27)37)34-22-11-15-24(16-12-22)40-20-18-36(7-3)8-4;/h9-16,33-34H,5-8,17-20H2,1-4H3;1H. The van der Waals surface area contributed by atoms with Crippen LogP contribution in [0, 0.1) is 0 Å². The van der Waals surface area contributed by atoms with Gasteiger partial charge in [-0.1, -0.05) is 50.9 Å². The van der Waals surface area contributed by atoms with Gasteiger partial charge < -0.3 is 29.9 Å². The molecule has 0 saturated carbocycles. The number of nitrogens with zero attached hydrogens (tertiary/aromatic N) is 2. The summed E-state index contributed by atoms with van der Waals surface area (Å²) < 4.78 is 11.6. The zero-order chi connectivity index (χ0) is 29.1. The summed E-state index contributed by atoms with van der Waals surface area (Å²) in [6.07, 6.45) is 0. The molecule has 1 aliphatic carbocycles. The molecule has 2 N–H and O–H groups in total. The molecule has 224 valence electrons. The van der Waals surface area contributed by atoms with Crippen LogP contribution in [0.5, 0.6) is 11.5 Å². The van der Waals surface area contributed by atoms with Crippen molar-refractivity contribution in [1.29, 1.82) is 0 Å². The highest BCUT2D eigenvalue weighted by Crippen LogP contribution is 2.31. The van der Waals surface area contributed by atoms with Gasteiger partial charge in [-0.2, -0.15) is 0 Å². The second-order valence-corrected chi connectivity index (χ2v) is 9.84. The van der Waals surface area contributed by atoms with Crippen LogP contribution >= 0.6 is 35.6 Å². The van der Waals surface area contributed by atoms with Gasteiger partial charge in [0.25, 0.3) is 0 Å². The predicted molar refractivity (Wildman–Crippen MR) is 170 cm³/mol. The lowest BCUT2D eigenvalue weighted by Gasteiger charge is -2.21. The Kier molecular flexibility index (Phi) is 14.5. The summed E-state index contributed by atoms with van der Waals surface area (Å²) in [5, 5.41) is 5.39. The monoisotopic (exact) mass is 624 g/mol. The fraction of sp³-hybridized carbons (Fsp3) is 0.400. The van der Waals surface area contributed by atoms with Crippen LogP contribution in [0.25, 0.3) is 0 Å². The van der Waals surface area contributed by atoms with Gasteiger partial charge in [0, 0.05) is 24.5 Å². The van der Waals surface area contributed by atoms with Crippen LogP contribution in [0.1, 0.15) is 27.7 Å². The Morgan fingerprint density at radius 2 is 0.927 bits per heavy atom. The van der Waals surface area contributed by atoms with Gasteiger partial charge in [-0.25, -0.2) is 0 Å². The third-order valence-electron chi connectivity index (χ3n) is 6.68. The highest BCUT2D eigenvalue weighted by atomic mass is 35.5. The molecule has 2 aromatic rings. The number of likely N-dealkylation sites (N-methyl/N-ethyl adjacent to an activating group) is 2. The number of carbonyl (C=O) groups is 2. The highest BCUT2D eigenvalue weighted by Gasteiger charge is 2.33. The van der Waals surface area contributed by atoms with Crippen LogP contribution in [0.15, 0.2) is 70.0 Å². The number of halogens is 3. The second kappa shape index (κ2) is 17.3. The summed E-state index contributed by atoms with van der Waals surface area (Å²) in [6, 6.07) is 14.1. The van der Waals surface area contributed by atoms with Crippen LogP contribution in [-0.2, 0) is 9.59 Å². The van der Waals surface area contributed by atoms with E-state index in [0.717, 1.165) is 39.3 Å². The third-order valence-corrected chi connectivity index (χ3v) is 7.40. The van der Waals surface area contributed by atoms with Gasteiger partial charge >= 0.3 is 0 Å². The summed E-state index contributed by atoms with van der Waals surface area (Å²) in [4.78, 5) is 30.7.